The lowest BCUT2D eigenvalue weighted by Gasteiger charge is -2.42. The van der Waals surface area contributed by atoms with E-state index >= 15 is 0 Å². The van der Waals surface area contributed by atoms with Crippen LogP contribution in [0.25, 0.3) is 0 Å². The van der Waals surface area contributed by atoms with Crippen LogP contribution in [-0.4, -0.2) is 36.5 Å². The highest BCUT2D eigenvalue weighted by molar-refractivity contribution is 6.03. The first-order valence-corrected chi connectivity index (χ1v) is 9.33. The Morgan fingerprint density at radius 2 is 1.79 bits per heavy atom. The Bertz CT molecular complexity index is 450. The van der Waals surface area contributed by atoms with Crippen LogP contribution in [0.1, 0.15) is 74.1 Å². The van der Waals surface area contributed by atoms with Crippen LogP contribution >= 0.6 is 0 Å². The summed E-state index contributed by atoms with van der Waals surface area (Å²) < 4.78 is 6.25. The molecule has 4 nitrogen and oxygen atoms in total. The van der Waals surface area contributed by atoms with Crippen LogP contribution in [0.3, 0.4) is 0 Å². The van der Waals surface area contributed by atoms with Gasteiger partial charge in [-0.1, -0.05) is 54.9 Å². The van der Waals surface area contributed by atoms with Crippen LogP contribution in [0.15, 0.2) is 0 Å². The van der Waals surface area contributed by atoms with Crippen molar-refractivity contribution in [1.29, 1.82) is 0 Å². The molecule has 0 N–H and O–H groups in total. The highest BCUT2D eigenvalue weighted by Gasteiger charge is 2.49. The molecule has 0 aromatic heterocycles. The molecule has 0 aliphatic carbocycles. The molecule has 2 amide bonds. The topological polar surface area (TPSA) is 46.6 Å². The SMILES string of the molecule is CCCCOC(CC(C)(C)C)C(C)C(C)(C)C1CC(=O)N(C)C1=O. The van der Waals surface area contributed by atoms with Gasteiger partial charge in [-0.05, 0) is 29.6 Å². The quantitative estimate of drug-likeness (QED) is 0.490. The third kappa shape index (κ3) is 5.05. The molecular weight excluding hydrogens is 302 g/mol. The molecule has 0 bridgehead atoms. The zero-order valence-electron chi connectivity index (χ0n) is 16.9. The predicted molar refractivity (Wildman–Crippen MR) is 97.5 cm³/mol. The first kappa shape index (κ1) is 21.1. The smallest absolute Gasteiger partial charge is 0.233 e. The van der Waals surface area contributed by atoms with Gasteiger partial charge in [0.2, 0.25) is 11.8 Å². The van der Waals surface area contributed by atoms with Gasteiger partial charge in [0, 0.05) is 20.1 Å². The monoisotopic (exact) mass is 339 g/mol. The molecule has 140 valence electrons. The maximum atomic E-state index is 12.5. The van der Waals surface area contributed by atoms with Crippen molar-refractivity contribution < 1.29 is 14.3 Å². The van der Waals surface area contributed by atoms with Crippen LogP contribution in [0.2, 0.25) is 0 Å². The maximum absolute atomic E-state index is 12.5. The first-order chi connectivity index (χ1) is 10.9. The molecule has 0 spiro atoms. The van der Waals surface area contributed by atoms with Gasteiger partial charge in [0.25, 0.3) is 0 Å². The normalized spacial score (nSPS) is 22.2. The van der Waals surface area contributed by atoms with Crippen molar-refractivity contribution in [2.45, 2.75) is 80.3 Å². The van der Waals surface area contributed by atoms with Crippen molar-refractivity contribution in [1.82, 2.24) is 4.90 Å². The Morgan fingerprint density at radius 3 is 2.21 bits per heavy atom. The second-order valence-corrected chi connectivity index (χ2v) is 9.19. The fourth-order valence-corrected chi connectivity index (χ4v) is 3.50. The van der Waals surface area contributed by atoms with E-state index in [0.717, 1.165) is 25.9 Å². The van der Waals surface area contributed by atoms with Crippen LogP contribution in [0, 0.1) is 22.7 Å². The molecule has 0 saturated carbocycles. The first-order valence-electron chi connectivity index (χ1n) is 9.33. The van der Waals surface area contributed by atoms with Gasteiger partial charge in [0.15, 0.2) is 0 Å². The van der Waals surface area contributed by atoms with E-state index in [2.05, 4.69) is 48.5 Å². The summed E-state index contributed by atoms with van der Waals surface area (Å²) in [6, 6.07) is 0. The number of hydrogen-bond acceptors (Lipinski definition) is 3. The predicted octanol–water partition coefficient (Wildman–Crippen LogP) is 4.28. The van der Waals surface area contributed by atoms with Gasteiger partial charge in [-0.3, -0.25) is 14.5 Å². The molecule has 1 heterocycles. The molecule has 4 heteroatoms. The van der Waals surface area contributed by atoms with Crippen molar-refractivity contribution in [2.24, 2.45) is 22.7 Å². The standard InChI is InChI=1S/C20H37NO3/c1-9-10-11-24-16(13-19(3,4)5)14(2)20(6,7)15-12-17(22)21(8)18(15)23/h14-16H,9-13H2,1-8H3. The Kier molecular flexibility index (Phi) is 7.04. The van der Waals surface area contributed by atoms with Crippen molar-refractivity contribution in [3.63, 3.8) is 0 Å². The van der Waals surface area contributed by atoms with E-state index in [9.17, 15) is 9.59 Å². The van der Waals surface area contributed by atoms with Gasteiger partial charge in [0.05, 0.1) is 12.0 Å². The third-order valence-corrected chi connectivity index (χ3v) is 5.65. The molecule has 3 unspecified atom stereocenters. The minimum absolute atomic E-state index is 0.0417. The van der Waals surface area contributed by atoms with Crippen LogP contribution in [-0.2, 0) is 14.3 Å². The van der Waals surface area contributed by atoms with Crippen LogP contribution in [0.5, 0.6) is 0 Å². The minimum atomic E-state index is -0.278. The van der Waals surface area contributed by atoms with Gasteiger partial charge >= 0.3 is 0 Å². The van der Waals surface area contributed by atoms with E-state index in [1.54, 1.807) is 7.05 Å². The fraction of sp³-hybridized carbons (Fsp3) is 0.900. The molecule has 1 saturated heterocycles. The summed E-state index contributed by atoms with van der Waals surface area (Å²) in [5.74, 6) is -0.159. The summed E-state index contributed by atoms with van der Waals surface area (Å²) >= 11 is 0. The van der Waals surface area contributed by atoms with Crippen molar-refractivity contribution >= 4 is 11.8 Å². The molecule has 0 aromatic rings. The molecule has 1 aliphatic rings. The molecule has 3 atom stereocenters. The largest absolute Gasteiger partial charge is 0.378 e. The summed E-state index contributed by atoms with van der Waals surface area (Å²) in [4.78, 5) is 25.7. The Morgan fingerprint density at radius 1 is 1.21 bits per heavy atom. The lowest BCUT2D eigenvalue weighted by atomic mass is 9.65. The summed E-state index contributed by atoms with van der Waals surface area (Å²) in [6.07, 6.45) is 3.54. The average molecular weight is 340 g/mol. The molecule has 1 rings (SSSR count). The second-order valence-electron chi connectivity index (χ2n) is 9.19. The van der Waals surface area contributed by atoms with Gasteiger partial charge in [0.1, 0.15) is 0 Å². The summed E-state index contributed by atoms with van der Waals surface area (Å²) in [5.41, 5.74) is -0.118. The number of hydrogen-bond donors (Lipinski definition) is 0. The molecule has 0 aromatic carbocycles. The van der Waals surface area contributed by atoms with Crippen molar-refractivity contribution in [2.75, 3.05) is 13.7 Å². The summed E-state index contributed by atoms with van der Waals surface area (Å²) in [7, 11) is 1.59. The zero-order valence-corrected chi connectivity index (χ0v) is 16.9. The molecular formula is C20H37NO3. The molecule has 0 radical (unpaired) electrons. The van der Waals surface area contributed by atoms with E-state index in [1.807, 2.05) is 0 Å². The summed E-state index contributed by atoms with van der Waals surface area (Å²) in [6.45, 7) is 16.0. The lowest BCUT2D eigenvalue weighted by molar-refractivity contribution is -0.140. The zero-order chi connectivity index (χ0) is 18.7. The van der Waals surface area contributed by atoms with Crippen LogP contribution < -0.4 is 0 Å². The highest BCUT2D eigenvalue weighted by atomic mass is 16.5. The molecule has 24 heavy (non-hydrogen) atoms. The van der Waals surface area contributed by atoms with Gasteiger partial charge in [-0.2, -0.15) is 0 Å². The van der Waals surface area contributed by atoms with E-state index < -0.39 is 0 Å². The van der Waals surface area contributed by atoms with Gasteiger partial charge < -0.3 is 4.74 Å². The fourth-order valence-electron chi connectivity index (χ4n) is 3.50. The summed E-state index contributed by atoms with van der Waals surface area (Å²) in [5, 5.41) is 0. The minimum Gasteiger partial charge on any atom is -0.378 e. The number of amides is 2. The Balaban J connectivity index is 2.95. The van der Waals surface area contributed by atoms with Crippen molar-refractivity contribution in [3.05, 3.63) is 0 Å². The van der Waals surface area contributed by atoms with Crippen molar-refractivity contribution in [3.8, 4) is 0 Å². The second kappa shape index (κ2) is 7.99. The number of likely N-dealkylation sites (tertiary alicyclic amines) is 1. The highest BCUT2D eigenvalue weighted by Crippen LogP contribution is 2.45. The maximum Gasteiger partial charge on any atom is 0.233 e. The van der Waals surface area contributed by atoms with Gasteiger partial charge in [-0.15, -0.1) is 0 Å². The molecule has 1 fully saturated rings. The molecule has 1 aliphatic heterocycles. The Labute approximate surface area is 148 Å². The number of carbonyl (C=O) groups excluding carboxylic acids is 2. The van der Waals surface area contributed by atoms with E-state index in [1.165, 1.54) is 4.90 Å². The van der Waals surface area contributed by atoms with Gasteiger partial charge in [-0.25, -0.2) is 0 Å². The number of rotatable bonds is 8. The number of unbranched alkanes of at least 4 members (excludes halogenated alkanes) is 1. The average Bonchev–Trinajstić information content (AvgIpc) is 2.72. The van der Waals surface area contributed by atoms with E-state index in [4.69, 9.17) is 4.74 Å². The Hall–Kier alpha value is -0.900. The van der Waals surface area contributed by atoms with E-state index in [-0.39, 0.29) is 40.6 Å². The number of ether oxygens (including phenoxy) is 1. The number of carbonyl (C=O) groups is 2. The number of imide groups is 1. The lowest BCUT2D eigenvalue weighted by Crippen LogP contribution is -2.43. The van der Waals surface area contributed by atoms with Crippen LogP contribution in [0.4, 0.5) is 0 Å². The number of nitrogens with zero attached hydrogens (tertiary/aromatic N) is 1. The van der Waals surface area contributed by atoms with E-state index in [0.29, 0.717) is 6.42 Å². The third-order valence-electron chi connectivity index (χ3n) is 5.65.